The van der Waals surface area contributed by atoms with Crippen LogP contribution in [0.3, 0.4) is 0 Å². The third-order valence-electron chi connectivity index (χ3n) is 4.97. The molecule has 4 N–H and O–H groups in total. The normalized spacial score (nSPS) is 11.9. The number of fused-ring (bicyclic) bond motifs is 1. The molecule has 1 aromatic heterocycles. The highest BCUT2D eigenvalue weighted by Gasteiger charge is 2.16. The lowest BCUT2D eigenvalue weighted by molar-refractivity contribution is 0.0523. The fraction of sp³-hybridized carbons (Fsp3) is 0.320. The van der Waals surface area contributed by atoms with E-state index in [2.05, 4.69) is 15.3 Å². The third-order valence-corrected chi connectivity index (χ3v) is 5.28. The number of hydrogen-bond donors (Lipinski definition) is 3. The standard InChI is InChI=1S/C25H30ClN5O4/c1-6-31(5)23(27)30-22(32)21-13-18-19(26)11-17(12-20(18)29-21)34-16-9-7-15(8-10-16)14-28-24(33)35-25(2,3)4/h7-13,29H,6,14H2,1-5H3,(H,28,33)(H2,27,30,32). The Morgan fingerprint density at radius 2 is 1.83 bits per heavy atom. The second kappa shape index (κ2) is 10.7. The third kappa shape index (κ3) is 7.13. The monoisotopic (exact) mass is 499 g/mol. The second-order valence-corrected chi connectivity index (χ2v) is 9.35. The molecule has 10 heteroatoms. The van der Waals surface area contributed by atoms with Gasteiger partial charge in [0.25, 0.3) is 5.91 Å². The minimum Gasteiger partial charge on any atom is -0.457 e. The molecule has 0 unspecified atom stereocenters. The Bertz CT molecular complexity index is 1250. The molecule has 9 nitrogen and oxygen atoms in total. The molecule has 0 fully saturated rings. The summed E-state index contributed by atoms with van der Waals surface area (Å²) >= 11 is 6.43. The number of nitrogens with one attached hydrogen (secondary N) is 2. The Morgan fingerprint density at radius 1 is 1.14 bits per heavy atom. The van der Waals surface area contributed by atoms with Crippen LogP contribution in [0.15, 0.2) is 47.5 Å². The average Bonchev–Trinajstić information content (AvgIpc) is 3.22. The van der Waals surface area contributed by atoms with Gasteiger partial charge in [-0.05, 0) is 51.5 Å². The molecule has 0 saturated carbocycles. The van der Waals surface area contributed by atoms with Crippen LogP contribution >= 0.6 is 11.6 Å². The number of nitrogens with zero attached hydrogens (tertiary/aromatic N) is 2. The van der Waals surface area contributed by atoms with Crippen LogP contribution in [0.1, 0.15) is 43.7 Å². The summed E-state index contributed by atoms with van der Waals surface area (Å²) in [7, 11) is 1.75. The first kappa shape index (κ1) is 25.9. The number of aromatic nitrogens is 1. The zero-order chi connectivity index (χ0) is 25.8. The average molecular weight is 500 g/mol. The number of benzene rings is 2. The molecule has 0 atom stereocenters. The summed E-state index contributed by atoms with van der Waals surface area (Å²) in [6, 6.07) is 12.3. The maximum absolute atomic E-state index is 12.5. The highest BCUT2D eigenvalue weighted by Crippen LogP contribution is 2.32. The summed E-state index contributed by atoms with van der Waals surface area (Å²) < 4.78 is 11.2. The number of carbonyl (C=O) groups is 2. The lowest BCUT2D eigenvalue weighted by Gasteiger charge is -2.19. The number of rotatable bonds is 6. The van der Waals surface area contributed by atoms with Crippen LogP contribution < -0.4 is 15.8 Å². The van der Waals surface area contributed by atoms with E-state index >= 15 is 0 Å². The Kier molecular flexibility index (Phi) is 7.91. The topological polar surface area (TPSA) is 122 Å². The quantitative estimate of drug-likeness (QED) is 0.322. The summed E-state index contributed by atoms with van der Waals surface area (Å²) in [4.78, 5) is 32.9. The SMILES string of the molecule is CCN(C)C(N)=NC(=O)c1cc2c(Cl)cc(Oc3ccc(CNC(=O)OC(C)(C)C)cc3)cc2[nH]1. The van der Waals surface area contributed by atoms with Gasteiger partial charge < -0.3 is 30.4 Å². The number of hydrogen-bond acceptors (Lipinski definition) is 4. The van der Waals surface area contributed by atoms with Crippen molar-refractivity contribution in [3.05, 3.63) is 58.7 Å². The first-order chi connectivity index (χ1) is 16.4. The number of alkyl carbamates (subject to hydrolysis) is 1. The molecule has 0 saturated heterocycles. The van der Waals surface area contributed by atoms with Crippen LogP contribution in [0.2, 0.25) is 5.02 Å². The van der Waals surface area contributed by atoms with Gasteiger partial charge in [-0.15, -0.1) is 0 Å². The van der Waals surface area contributed by atoms with E-state index in [1.54, 1.807) is 42.3 Å². The van der Waals surface area contributed by atoms with Crippen LogP contribution in [-0.4, -0.2) is 47.0 Å². The number of aromatic amines is 1. The summed E-state index contributed by atoms with van der Waals surface area (Å²) in [5.41, 5.74) is 7.07. The van der Waals surface area contributed by atoms with Crippen molar-refractivity contribution in [2.24, 2.45) is 10.7 Å². The smallest absolute Gasteiger partial charge is 0.407 e. The highest BCUT2D eigenvalue weighted by atomic mass is 35.5. The molecule has 2 amide bonds. The minimum absolute atomic E-state index is 0.135. The molecular weight excluding hydrogens is 470 g/mol. The van der Waals surface area contributed by atoms with Crippen molar-refractivity contribution in [3.8, 4) is 11.5 Å². The van der Waals surface area contributed by atoms with Gasteiger partial charge in [-0.2, -0.15) is 4.99 Å². The maximum Gasteiger partial charge on any atom is 0.407 e. The molecule has 35 heavy (non-hydrogen) atoms. The number of carbonyl (C=O) groups excluding carboxylic acids is 2. The fourth-order valence-electron chi connectivity index (χ4n) is 3.05. The van der Waals surface area contributed by atoms with E-state index in [0.717, 1.165) is 5.56 Å². The molecule has 0 aliphatic heterocycles. The van der Waals surface area contributed by atoms with Crippen LogP contribution in [0.4, 0.5) is 4.79 Å². The molecule has 3 rings (SSSR count). The maximum atomic E-state index is 12.5. The lowest BCUT2D eigenvalue weighted by Crippen LogP contribution is -2.34. The van der Waals surface area contributed by atoms with Crippen molar-refractivity contribution in [3.63, 3.8) is 0 Å². The predicted molar refractivity (Wildman–Crippen MR) is 137 cm³/mol. The molecule has 1 heterocycles. The van der Waals surface area contributed by atoms with E-state index in [1.165, 1.54) is 0 Å². The molecule has 0 radical (unpaired) electrons. The number of ether oxygens (including phenoxy) is 2. The van der Waals surface area contributed by atoms with Gasteiger partial charge in [0.15, 0.2) is 5.96 Å². The number of nitrogens with two attached hydrogens (primary N) is 1. The summed E-state index contributed by atoms with van der Waals surface area (Å²) in [5.74, 6) is 0.727. The number of amides is 2. The molecule has 0 aliphatic carbocycles. The van der Waals surface area contributed by atoms with E-state index in [9.17, 15) is 9.59 Å². The first-order valence-electron chi connectivity index (χ1n) is 11.1. The van der Waals surface area contributed by atoms with Crippen molar-refractivity contribution in [1.82, 2.24) is 15.2 Å². The van der Waals surface area contributed by atoms with E-state index in [4.69, 9.17) is 26.8 Å². The molecule has 2 aromatic carbocycles. The van der Waals surface area contributed by atoms with Crippen molar-refractivity contribution in [1.29, 1.82) is 0 Å². The molecule has 0 bridgehead atoms. The number of guanidine groups is 1. The molecular formula is C25H30ClN5O4. The van der Waals surface area contributed by atoms with E-state index in [1.807, 2.05) is 39.8 Å². The minimum atomic E-state index is -0.552. The Balaban J connectivity index is 1.69. The zero-order valence-electron chi connectivity index (χ0n) is 20.4. The summed E-state index contributed by atoms with van der Waals surface area (Å²) in [6.45, 7) is 8.29. The van der Waals surface area contributed by atoms with Crippen LogP contribution in [-0.2, 0) is 11.3 Å². The summed E-state index contributed by atoms with van der Waals surface area (Å²) in [6.07, 6.45) is -0.477. The zero-order valence-corrected chi connectivity index (χ0v) is 21.2. The molecule has 0 aliphatic rings. The van der Waals surface area contributed by atoms with Gasteiger partial charge in [0.2, 0.25) is 0 Å². The lowest BCUT2D eigenvalue weighted by atomic mass is 10.2. The van der Waals surface area contributed by atoms with E-state index in [0.29, 0.717) is 40.5 Å². The van der Waals surface area contributed by atoms with Gasteiger partial charge >= 0.3 is 6.09 Å². The number of H-pyrrole nitrogens is 1. The number of aliphatic imine (C=N–C) groups is 1. The van der Waals surface area contributed by atoms with Crippen molar-refractivity contribution < 1.29 is 19.1 Å². The van der Waals surface area contributed by atoms with Gasteiger partial charge in [0, 0.05) is 37.7 Å². The fourth-order valence-corrected chi connectivity index (χ4v) is 3.32. The van der Waals surface area contributed by atoms with Gasteiger partial charge in [-0.3, -0.25) is 4.79 Å². The van der Waals surface area contributed by atoms with E-state index < -0.39 is 17.6 Å². The van der Waals surface area contributed by atoms with Gasteiger partial charge in [-0.25, -0.2) is 4.79 Å². The predicted octanol–water partition coefficient (Wildman–Crippen LogP) is 5.04. The Hall–Kier alpha value is -3.72. The van der Waals surface area contributed by atoms with Gasteiger partial charge in [0.05, 0.1) is 10.5 Å². The molecule has 186 valence electrons. The summed E-state index contributed by atoms with van der Waals surface area (Å²) in [5, 5.41) is 3.81. The van der Waals surface area contributed by atoms with Gasteiger partial charge in [0.1, 0.15) is 22.8 Å². The largest absolute Gasteiger partial charge is 0.457 e. The molecule has 0 spiro atoms. The van der Waals surface area contributed by atoms with Crippen molar-refractivity contribution in [2.45, 2.75) is 39.8 Å². The number of halogens is 1. The van der Waals surface area contributed by atoms with Crippen LogP contribution in [0, 0.1) is 0 Å². The van der Waals surface area contributed by atoms with Crippen molar-refractivity contribution in [2.75, 3.05) is 13.6 Å². The van der Waals surface area contributed by atoms with Crippen LogP contribution in [0.5, 0.6) is 11.5 Å². The molecule has 3 aromatic rings. The first-order valence-corrected chi connectivity index (χ1v) is 11.5. The second-order valence-electron chi connectivity index (χ2n) is 8.94. The highest BCUT2D eigenvalue weighted by molar-refractivity contribution is 6.35. The van der Waals surface area contributed by atoms with E-state index in [-0.39, 0.29) is 11.7 Å². The Morgan fingerprint density at radius 3 is 2.46 bits per heavy atom. The Labute approximate surface area is 209 Å². The van der Waals surface area contributed by atoms with Crippen LogP contribution in [0.25, 0.3) is 10.9 Å². The van der Waals surface area contributed by atoms with Crippen molar-refractivity contribution >= 4 is 40.5 Å². The van der Waals surface area contributed by atoms with Gasteiger partial charge in [-0.1, -0.05) is 23.7 Å².